The standard InChI is InChI=1S/C17H20FN3O5/c1-25-13-10-11(2-3-12(13)18)15-14(17(23)24)16(19-26-15)21-6-4-20(5-7-21)8-9-22/h2-3,10,22H,4-9H2,1H3,(H,23,24). The zero-order valence-electron chi connectivity index (χ0n) is 14.3. The van der Waals surface area contributed by atoms with Crippen LogP contribution in [0, 0.1) is 5.82 Å². The Bertz CT molecular complexity index is 787. The average molecular weight is 365 g/mol. The van der Waals surface area contributed by atoms with Crippen molar-refractivity contribution < 1.29 is 28.7 Å². The lowest BCUT2D eigenvalue weighted by Crippen LogP contribution is -2.47. The average Bonchev–Trinajstić information content (AvgIpc) is 3.08. The molecule has 0 bridgehead atoms. The molecular weight excluding hydrogens is 345 g/mol. The SMILES string of the molecule is COc1cc(-c2onc(N3CCN(CCO)CC3)c2C(=O)O)ccc1F. The van der Waals surface area contributed by atoms with Crippen LogP contribution in [0.15, 0.2) is 22.7 Å². The fourth-order valence-electron chi connectivity index (χ4n) is 3.01. The minimum atomic E-state index is -1.17. The Balaban J connectivity index is 1.91. The first kappa shape index (κ1) is 18.2. The summed E-state index contributed by atoms with van der Waals surface area (Å²) >= 11 is 0. The molecule has 0 amide bonds. The van der Waals surface area contributed by atoms with Crippen LogP contribution in [0.25, 0.3) is 11.3 Å². The predicted octanol–water partition coefficient (Wildman–Crippen LogP) is 1.30. The number of hydrogen-bond acceptors (Lipinski definition) is 7. The third-order valence-electron chi connectivity index (χ3n) is 4.39. The number of aliphatic hydroxyl groups is 1. The van der Waals surface area contributed by atoms with E-state index in [-0.39, 0.29) is 29.5 Å². The second kappa shape index (κ2) is 7.71. The minimum Gasteiger partial charge on any atom is -0.494 e. The van der Waals surface area contributed by atoms with Crippen molar-refractivity contribution in [1.29, 1.82) is 0 Å². The van der Waals surface area contributed by atoms with Crippen molar-refractivity contribution in [2.75, 3.05) is 51.3 Å². The van der Waals surface area contributed by atoms with Crippen molar-refractivity contribution in [3.63, 3.8) is 0 Å². The van der Waals surface area contributed by atoms with Crippen molar-refractivity contribution in [3.8, 4) is 17.1 Å². The number of aromatic nitrogens is 1. The number of aliphatic hydroxyl groups excluding tert-OH is 1. The first-order valence-corrected chi connectivity index (χ1v) is 8.20. The number of carboxylic acids is 1. The van der Waals surface area contributed by atoms with Crippen LogP contribution in [0.4, 0.5) is 10.2 Å². The van der Waals surface area contributed by atoms with Gasteiger partial charge in [0.2, 0.25) is 0 Å². The summed E-state index contributed by atoms with van der Waals surface area (Å²) in [6.45, 7) is 3.18. The van der Waals surface area contributed by atoms with Crippen LogP contribution in [0.1, 0.15) is 10.4 Å². The third-order valence-corrected chi connectivity index (χ3v) is 4.39. The summed E-state index contributed by atoms with van der Waals surface area (Å²) in [5.74, 6) is -1.41. The Morgan fingerprint density at radius 3 is 2.69 bits per heavy atom. The highest BCUT2D eigenvalue weighted by atomic mass is 19.1. The molecule has 26 heavy (non-hydrogen) atoms. The van der Waals surface area contributed by atoms with E-state index < -0.39 is 11.8 Å². The van der Waals surface area contributed by atoms with E-state index in [4.69, 9.17) is 14.4 Å². The molecule has 2 N–H and O–H groups in total. The van der Waals surface area contributed by atoms with Crippen LogP contribution < -0.4 is 9.64 Å². The molecule has 0 aliphatic carbocycles. The van der Waals surface area contributed by atoms with Gasteiger partial charge >= 0.3 is 5.97 Å². The normalized spacial score (nSPS) is 15.3. The number of nitrogens with zero attached hydrogens (tertiary/aromatic N) is 3. The highest BCUT2D eigenvalue weighted by Crippen LogP contribution is 2.34. The number of ether oxygens (including phenoxy) is 1. The molecule has 1 aromatic heterocycles. The van der Waals surface area contributed by atoms with Gasteiger partial charge in [-0.2, -0.15) is 0 Å². The van der Waals surface area contributed by atoms with E-state index in [1.807, 2.05) is 4.90 Å². The van der Waals surface area contributed by atoms with Crippen LogP contribution in [-0.4, -0.2) is 72.7 Å². The maximum atomic E-state index is 13.6. The Morgan fingerprint density at radius 2 is 2.08 bits per heavy atom. The highest BCUT2D eigenvalue weighted by molar-refractivity contribution is 5.99. The van der Waals surface area contributed by atoms with Crippen LogP contribution in [0.3, 0.4) is 0 Å². The lowest BCUT2D eigenvalue weighted by molar-refractivity contribution is 0.0697. The molecule has 0 spiro atoms. The van der Waals surface area contributed by atoms with Crippen LogP contribution in [0.5, 0.6) is 5.75 Å². The van der Waals surface area contributed by atoms with E-state index >= 15 is 0 Å². The number of carbonyl (C=O) groups is 1. The van der Waals surface area contributed by atoms with Gasteiger partial charge < -0.3 is 24.4 Å². The molecule has 9 heteroatoms. The van der Waals surface area contributed by atoms with E-state index in [2.05, 4.69) is 10.1 Å². The maximum Gasteiger partial charge on any atom is 0.343 e. The van der Waals surface area contributed by atoms with E-state index in [1.165, 1.54) is 25.3 Å². The van der Waals surface area contributed by atoms with Gasteiger partial charge in [-0.25, -0.2) is 9.18 Å². The molecule has 1 saturated heterocycles. The number of aromatic carboxylic acids is 1. The van der Waals surface area contributed by atoms with Gasteiger partial charge in [0.05, 0.1) is 13.7 Å². The first-order valence-electron chi connectivity index (χ1n) is 8.20. The number of carboxylic acid groups (broad SMARTS) is 1. The molecule has 1 aliphatic rings. The molecule has 2 heterocycles. The number of anilines is 1. The van der Waals surface area contributed by atoms with Gasteiger partial charge in [0, 0.05) is 38.3 Å². The largest absolute Gasteiger partial charge is 0.494 e. The summed E-state index contributed by atoms with van der Waals surface area (Å²) in [6, 6.07) is 3.99. The maximum absolute atomic E-state index is 13.6. The Hall–Kier alpha value is -2.65. The zero-order valence-corrected chi connectivity index (χ0v) is 14.3. The minimum absolute atomic E-state index is 0.00518. The molecule has 8 nitrogen and oxygen atoms in total. The van der Waals surface area contributed by atoms with E-state index in [0.717, 1.165) is 0 Å². The summed E-state index contributed by atoms with van der Waals surface area (Å²) < 4.78 is 23.9. The Morgan fingerprint density at radius 1 is 1.35 bits per heavy atom. The topological polar surface area (TPSA) is 99.3 Å². The van der Waals surface area contributed by atoms with E-state index in [1.54, 1.807) is 0 Å². The molecule has 0 saturated carbocycles. The number of benzene rings is 1. The highest BCUT2D eigenvalue weighted by Gasteiger charge is 2.29. The second-order valence-corrected chi connectivity index (χ2v) is 5.92. The smallest absolute Gasteiger partial charge is 0.343 e. The summed E-state index contributed by atoms with van der Waals surface area (Å²) in [5, 5.41) is 22.6. The monoisotopic (exact) mass is 365 g/mol. The molecule has 0 atom stereocenters. The van der Waals surface area contributed by atoms with Crippen molar-refractivity contribution in [1.82, 2.24) is 10.1 Å². The first-order chi connectivity index (χ1) is 12.5. The van der Waals surface area contributed by atoms with Gasteiger partial charge in [0.25, 0.3) is 0 Å². The van der Waals surface area contributed by atoms with Crippen molar-refractivity contribution in [3.05, 3.63) is 29.6 Å². The van der Waals surface area contributed by atoms with Crippen molar-refractivity contribution in [2.45, 2.75) is 0 Å². The summed E-state index contributed by atoms with van der Waals surface area (Å²) in [7, 11) is 1.33. The van der Waals surface area contributed by atoms with Gasteiger partial charge in [-0.05, 0) is 18.2 Å². The van der Waals surface area contributed by atoms with Crippen molar-refractivity contribution in [2.24, 2.45) is 0 Å². The molecule has 140 valence electrons. The van der Waals surface area contributed by atoms with Gasteiger partial charge in [-0.1, -0.05) is 5.16 Å². The van der Waals surface area contributed by atoms with Crippen LogP contribution in [0.2, 0.25) is 0 Å². The third kappa shape index (κ3) is 3.49. The number of halogens is 1. The number of hydrogen-bond donors (Lipinski definition) is 2. The lowest BCUT2D eigenvalue weighted by atomic mass is 10.1. The van der Waals surface area contributed by atoms with Gasteiger partial charge in [0.15, 0.2) is 28.7 Å². The fraction of sp³-hybridized carbons (Fsp3) is 0.412. The van der Waals surface area contributed by atoms with Gasteiger partial charge in [0.1, 0.15) is 0 Å². The van der Waals surface area contributed by atoms with Crippen molar-refractivity contribution >= 4 is 11.8 Å². The lowest BCUT2D eigenvalue weighted by Gasteiger charge is -2.34. The van der Waals surface area contributed by atoms with Crippen LogP contribution in [-0.2, 0) is 0 Å². The molecule has 1 aliphatic heterocycles. The predicted molar refractivity (Wildman–Crippen MR) is 91.1 cm³/mol. The number of piperazine rings is 1. The second-order valence-electron chi connectivity index (χ2n) is 5.92. The number of β-amino-alcohol motifs (C(OH)–C–C–N with tert-alkyl or cyclic N) is 1. The molecule has 0 radical (unpaired) electrons. The summed E-state index contributed by atoms with van der Waals surface area (Å²) in [6.07, 6.45) is 0. The molecular formula is C17H20FN3O5. The van der Waals surface area contributed by atoms with E-state index in [9.17, 15) is 14.3 Å². The molecule has 3 rings (SSSR count). The van der Waals surface area contributed by atoms with Crippen LogP contribution >= 0.6 is 0 Å². The van der Waals surface area contributed by atoms with E-state index in [0.29, 0.717) is 38.3 Å². The van der Waals surface area contributed by atoms with Gasteiger partial charge in [-0.3, -0.25) is 4.90 Å². The Kier molecular flexibility index (Phi) is 5.38. The number of rotatable bonds is 6. The molecule has 1 aromatic carbocycles. The summed E-state index contributed by atoms with van der Waals surface area (Å²) in [5.41, 5.74) is 0.313. The molecule has 2 aromatic rings. The zero-order chi connectivity index (χ0) is 18.7. The van der Waals surface area contributed by atoms with Gasteiger partial charge in [-0.15, -0.1) is 0 Å². The molecule has 1 fully saturated rings. The fourth-order valence-corrected chi connectivity index (χ4v) is 3.01. The molecule has 0 unspecified atom stereocenters. The summed E-state index contributed by atoms with van der Waals surface area (Å²) in [4.78, 5) is 15.8. The quantitative estimate of drug-likeness (QED) is 0.790. The Labute approximate surface area is 149 Å². The number of methoxy groups -OCH3 is 1.